The molecule has 29 heavy (non-hydrogen) atoms. The number of fused-ring (bicyclic) bond motifs is 1. The Morgan fingerprint density at radius 3 is 1.83 bits per heavy atom. The first kappa shape index (κ1) is 19.0. The highest BCUT2D eigenvalue weighted by atomic mass is 19.2. The molecule has 4 aromatic carbocycles. The van der Waals surface area contributed by atoms with Gasteiger partial charge < -0.3 is 0 Å². The van der Waals surface area contributed by atoms with E-state index >= 15 is 0 Å². The van der Waals surface area contributed by atoms with Crippen molar-refractivity contribution in [2.24, 2.45) is 0 Å². The minimum absolute atomic E-state index is 0.0716. The number of hydrogen-bond donors (Lipinski definition) is 0. The summed E-state index contributed by atoms with van der Waals surface area (Å²) in [6.45, 7) is 2.01. The van der Waals surface area contributed by atoms with Crippen molar-refractivity contribution in [2.45, 2.75) is 13.3 Å². The Bertz CT molecular complexity index is 1190. The van der Waals surface area contributed by atoms with Crippen molar-refractivity contribution in [2.75, 3.05) is 0 Å². The molecule has 0 fully saturated rings. The lowest BCUT2D eigenvalue weighted by Gasteiger charge is -2.08. The van der Waals surface area contributed by atoms with Crippen LogP contribution in [0.2, 0.25) is 0 Å². The van der Waals surface area contributed by atoms with Gasteiger partial charge in [0.1, 0.15) is 0 Å². The molecule has 0 bridgehead atoms. The summed E-state index contributed by atoms with van der Waals surface area (Å²) in [4.78, 5) is 0. The van der Waals surface area contributed by atoms with Crippen LogP contribution in [-0.2, 0) is 6.42 Å². The van der Waals surface area contributed by atoms with Crippen LogP contribution in [0.3, 0.4) is 0 Å². The molecule has 0 saturated carbocycles. The van der Waals surface area contributed by atoms with E-state index in [0.717, 1.165) is 34.7 Å². The van der Waals surface area contributed by atoms with Gasteiger partial charge in [0.2, 0.25) is 0 Å². The maximum atomic E-state index is 13.9. The molecule has 0 aromatic heterocycles. The molecular formula is C26H19F3. The summed E-state index contributed by atoms with van der Waals surface area (Å²) in [5.74, 6) is -3.77. The topological polar surface area (TPSA) is 0 Å². The molecule has 0 heterocycles. The van der Waals surface area contributed by atoms with Gasteiger partial charge in [-0.1, -0.05) is 72.8 Å². The van der Waals surface area contributed by atoms with Gasteiger partial charge in [-0.25, -0.2) is 13.2 Å². The predicted octanol–water partition coefficient (Wildman–Crippen LogP) is 7.71. The standard InChI is InChI=1S/C26H19F3/c1-2-3-4-17-5-7-18(8-6-17)19-9-11-20(12-10-19)21-13-14-23-22(15-21)16-24(27)26(29)25(23)28/h2-3,5-16H,4H2,1H3. The van der Waals surface area contributed by atoms with E-state index in [9.17, 15) is 13.2 Å². The average molecular weight is 388 g/mol. The summed E-state index contributed by atoms with van der Waals surface area (Å²) >= 11 is 0. The van der Waals surface area contributed by atoms with E-state index in [4.69, 9.17) is 0 Å². The highest BCUT2D eigenvalue weighted by Gasteiger charge is 2.14. The summed E-state index contributed by atoms with van der Waals surface area (Å²) in [5.41, 5.74) is 5.21. The van der Waals surface area contributed by atoms with Crippen LogP contribution in [0.5, 0.6) is 0 Å². The molecule has 0 aliphatic heterocycles. The van der Waals surface area contributed by atoms with Crippen LogP contribution in [0, 0.1) is 17.5 Å². The maximum Gasteiger partial charge on any atom is 0.195 e. The minimum Gasteiger partial charge on any atom is -0.204 e. The molecule has 0 aliphatic rings. The number of halogens is 3. The Kier molecular flexibility index (Phi) is 5.22. The second-order valence-corrected chi connectivity index (χ2v) is 6.97. The van der Waals surface area contributed by atoms with E-state index < -0.39 is 17.5 Å². The summed E-state index contributed by atoms with van der Waals surface area (Å²) in [7, 11) is 0. The maximum absolute atomic E-state index is 13.9. The van der Waals surface area contributed by atoms with Crippen molar-refractivity contribution in [3.8, 4) is 22.3 Å². The third-order valence-electron chi connectivity index (χ3n) is 5.07. The molecule has 0 aliphatic carbocycles. The average Bonchev–Trinajstić information content (AvgIpc) is 2.76. The third kappa shape index (κ3) is 3.81. The molecule has 0 radical (unpaired) electrons. The van der Waals surface area contributed by atoms with Gasteiger partial charge in [0.05, 0.1) is 0 Å². The summed E-state index contributed by atoms with van der Waals surface area (Å²) in [5, 5.41) is 0.405. The van der Waals surface area contributed by atoms with Gasteiger partial charge in [-0.2, -0.15) is 0 Å². The second-order valence-electron chi connectivity index (χ2n) is 6.97. The molecule has 4 aromatic rings. The van der Waals surface area contributed by atoms with Gasteiger partial charge in [-0.15, -0.1) is 0 Å². The molecule has 0 N–H and O–H groups in total. The molecule has 0 unspecified atom stereocenters. The molecule has 0 saturated heterocycles. The Morgan fingerprint density at radius 2 is 1.21 bits per heavy atom. The van der Waals surface area contributed by atoms with Crippen LogP contribution in [0.4, 0.5) is 13.2 Å². The van der Waals surface area contributed by atoms with Gasteiger partial charge in [-0.05, 0) is 58.7 Å². The first-order chi connectivity index (χ1) is 14.1. The van der Waals surface area contributed by atoms with E-state index in [1.165, 1.54) is 11.6 Å². The lowest BCUT2D eigenvalue weighted by atomic mass is 9.97. The van der Waals surface area contributed by atoms with E-state index in [0.29, 0.717) is 5.39 Å². The van der Waals surface area contributed by atoms with Crippen molar-refractivity contribution in [3.05, 3.63) is 108 Å². The van der Waals surface area contributed by atoms with E-state index in [1.54, 1.807) is 12.1 Å². The normalized spacial score (nSPS) is 11.4. The van der Waals surface area contributed by atoms with Gasteiger partial charge >= 0.3 is 0 Å². The number of rotatable bonds is 4. The van der Waals surface area contributed by atoms with Crippen molar-refractivity contribution >= 4 is 10.8 Å². The van der Waals surface area contributed by atoms with Crippen LogP contribution in [0.1, 0.15) is 12.5 Å². The molecule has 144 valence electrons. The Morgan fingerprint density at radius 1 is 0.655 bits per heavy atom. The SMILES string of the molecule is CC=CCc1ccc(-c2ccc(-c3ccc4c(F)c(F)c(F)cc4c3)cc2)cc1. The van der Waals surface area contributed by atoms with Crippen LogP contribution < -0.4 is 0 Å². The Hall–Kier alpha value is -3.33. The van der Waals surface area contributed by atoms with Gasteiger partial charge in [0, 0.05) is 5.39 Å². The quantitative estimate of drug-likeness (QED) is 0.248. The highest BCUT2D eigenvalue weighted by Crippen LogP contribution is 2.30. The number of hydrogen-bond acceptors (Lipinski definition) is 0. The van der Waals surface area contributed by atoms with Crippen molar-refractivity contribution < 1.29 is 13.2 Å². The first-order valence-electron chi connectivity index (χ1n) is 9.45. The van der Waals surface area contributed by atoms with Crippen LogP contribution in [-0.4, -0.2) is 0 Å². The molecule has 0 spiro atoms. The highest BCUT2D eigenvalue weighted by molar-refractivity contribution is 5.88. The largest absolute Gasteiger partial charge is 0.204 e. The van der Waals surface area contributed by atoms with Crippen molar-refractivity contribution in [1.29, 1.82) is 0 Å². The van der Waals surface area contributed by atoms with Gasteiger partial charge in [-0.3, -0.25) is 0 Å². The first-order valence-corrected chi connectivity index (χ1v) is 9.45. The fourth-order valence-corrected chi connectivity index (χ4v) is 3.43. The van der Waals surface area contributed by atoms with E-state index in [1.807, 2.05) is 37.3 Å². The number of benzene rings is 4. The third-order valence-corrected chi connectivity index (χ3v) is 5.07. The smallest absolute Gasteiger partial charge is 0.195 e. The number of allylic oxidation sites excluding steroid dienone is 2. The Labute approximate surface area is 167 Å². The molecule has 3 heteroatoms. The molecule has 4 rings (SSSR count). The molecule has 0 amide bonds. The molecular weight excluding hydrogens is 369 g/mol. The van der Waals surface area contributed by atoms with Crippen LogP contribution in [0.15, 0.2) is 84.9 Å². The summed E-state index contributed by atoms with van der Waals surface area (Å²) < 4.78 is 40.9. The van der Waals surface area contributed by atoms with Crippen LogP contribution >= 0.6 is 0 Å². The summed E-state index contributed by atoms with van der Waals surface area (Å²) in [6, 6.07) is 22.3. The van der Waals surface area contributed by atoms with E-state index in [-0.39, 0.29) is 5.39 Å². The minimum atomic E-state index is -1.44. The zero-order chi connectivity index (χ0) is 20.4. The van der Waals surface area contributed by atoms with Crippen LogP contribution in [0.25, 0.3) is 33.0 Å². The fourth-order valence-electron chi connectivity index (χ4n) is 3.43. The zero-order valence-corrected chi connectivity index (χ0v) is 15.9. The molecule has 0 nitrogen and oxygen atoms in total. The van der Waals surface area contributed by atoms with E-state index in [2.05, 4.69) is 30.3 Å². The second kappa shape index (κ2) is 7.96. The van der Waals surface area contributed by atoms with Gasteiger partial charge in [0.25, 0.3) is 0 Å². The lowest BCUT2D eigenvalue weighted by Crippen LogP contribution is -1.92. The van der Waals surface area contributed by atoms with Crippen molar-refractivity contribution in [1.82, 2.24) is 0 Å². The Balaban J connectivity index is 1.63. The zero-order valence-electron chi connectivity index (χ0n) is 15.9. The molecule has 0 atom stereocenters. The summed E-state index contributed by atoms with van der Waals surface area (Å²) in [6.07, 6.45) is 5.08. The fraction of sp³-hybridized carbons (Fsp3) is 0.0769. The van der Waals surface area contributed by atoms with Gasteiger partial charge in [0.15, 0.2) is 17.5 Å². The monoisotopic (exact) mass is 388 g/mol. The predicted molar refractivity (Wildman–Crippen MR) is 113 cm³/mol. The lowest BCUT2D eigenvalue weighted by molar-refractivity contribution is 0.453. The van der Waals surface area contributed by atoms with Crippen molar-refractivity contribution in [3.63, 3.8) is 0 Å².